The zero-order valence-electron chi connectivity index (χ0n) is 11.1. The highest BCUT2D eigenvalue weighted by Crippen LogP contribution is 2.09. The molecule has 1 amide bonds. The number of amides is 1. The Morgan fingerprint density at radius 1 is 1.20 bits per heavy atom. The van der Waals surface area contributed by atoms with Crippen LogP contribution in [-0.4, -0.2) is 18.0 Å². The minimum absolute atomic E-state index is 0.0954. The molecule has 0 saturated heterocycles. The van der Waals surface area contributed by atoms with Gasteiger partial charge in [0.2, 0.25) is 5.88 Å². The summed E-state index contributed by atoms with van der Waals surface area (Å²) in [6, 6.07) is 11.1. The van der Waals surface area contributed by atoms with Crippen LogP contribution in [0.5, 0.6) is 5.88 Å². The van der Waals surface area contributed by atoms with Crippen molar-refractivity contribution in [3.63, 3.8) is 0 Å². The summed E-state index contributed by atoms with van der Waals surface area (Å²) in [5, 5.41) is 3.64. The predicted molar refractivity (Wildman–Crippen MR) is 81.0 cm³/mol. The molecule has 1 aromatic heterocycles. The molecule has 0 aliphatic carbocycles. The number of carbonyl (C=O) groups excluding carboxylic acids is 1. The molecule has 104 valence electrons. The molecule has 1 N–H and O–H groups in total. The van der Waals surface area contributed by atoms with Crippen LogP contribution in [0.4, 0.5) is 0 Å². The number of nitrogens with zero attached hydrogens (tertiary/aromatic N) is 1. The number of methoxy groups -OCH3 is 1. The normalized spacial score (nSPS) is 10.1. The Morgan fingerprint density at radius 2 is 1.90 bits per heavy atom. The van der Waals surface area contributed by atoms with Crippen LogP contribution >= 0.6 is 15.9 Å². The van der Waals surface area contributed by atoms with E-state index in [2.05, 4.69) is 26.2 Å². The first-order valence-corrected chi connectivity index (χ1v) is 7.27. The average Bonchev–Trinajstić information content (AvgIpc) is 2.53. The van der Waals surface area contributed by atoms with Gasteiger partial charge in [-0.05, 0) is 23.3 Å². The molecule has 0 spiro atoms. The Hall–Kier alpha value is -1.88. The van der Waals surface area contributed by atoms with E-state index in [0.717, 1.165) is 16.5 Å². The van der Waals surface area contributed by atoms with E-state index in [1.54, 1.807) is 19.4 Å². The Bertz CT molecular complexity index is 567. The second kappa shape index (κ2) is 7.05. The van der Waals surface area contributed by atoms with E-state index < -0.39 is 0 Å². The quantitative estimate of drug-likeness (QED) is 0.855. The van der Waals surface area contributed by atoms with Crippen LogP contribution in [0, 0.1) is 0 Å². The maximum absolute atomic E-state index is 12.0. The Morgan fingerprint density at radius 3 is 2.45 bits per heavy atom. The van der Waals surface area contributed by atoms with Crippen LogP contribution < -0.4 is 10.1 Å². The number of aromatic nitrogens is 1. The molecule has 2 rings (SSSR count). The van der Waals surface area contributed by atoms with Crippen molar-refractivity contribution in [3.8, 4) is 5.88 Å². The maximum atomic E-state index is 12.0. The Kier molecular flexibility index (Phi) is 5.12. The van der Waals surface area contributed by atoms with Crippen molar-refractivity contribution in [2.45, 2.75) is 11.9 Å². The molecule has 0 aliphatic rings. The number of ether oxygens (including phenoxy) is 1. The van der Waals surface area contributed by atoms with E-state index in [-0.39, 0.29) is 5.91 Å². The summed E-state index contributed by atoms with van der Waals surface area (Å²) in [7, 11) is 1.57. The zero-order valence-corrected chi connectivity index (χ0v) is 12.7. The van der Waals surface area contributed by atoms with Gasteiger partial charge in [-0.1, -0.05) is 34.1 Å². The molecular formula is C15H15BrN2O2. The van der Waals surface area contributed by atoms with Gasteiger partial charge in [0.25, 0.3) is 5.91 Å². The van der Waals surface area contributed by atoms with Crippen molar-refractivity contribution in [3.05, 3.63) is 59.3 Å². The Balaban J connectivity index is 1.93. The van der Waals surface area contributed by atoms with Crippen molar-refractivity contribution < 1.29 is 9.53 Å². The molecule has 1 aromatic carbocycles. The number of carbonyl (C=O) groups is 1. The second-order valence-electron chi connectivity index (χ2n) is 4.22. The highest BCUT2D eigenvalue weighted by atomic mass is 79.9. The molecule has 0 atom stereocenters. The predicted octanol–water partition coefficient (Wildman–Crippen LogP) is 2.92. The fourth-order valence-electron chi connectivity index (χ4n) is 1.67. The van der Waals surface area contributed by atoms with Crippen molar-refractivity contribution >= 4 is 21.8 Å². The monoisotopic (exact) mass is 334 g/mol. The summed E-state index contributed by atoms with van der Waals surface area (Å²) < 4.78 is 4.98. The second-order valence-corrected chi connectivity index (χ2v) is 4.78. The van der Waals surface area contributed by atoms with Crippen molar-refractivity contribution in [1.29, 1.82) is 0 Å². The molecule has 0 saturated carbocycles. The summed E-state index contributed by atoms with van der Waals surface area (Å²) in [6.07, 6.45) is 1.69. The topological polar surface area (TPSA) is 51.2 Å². The number of nitrogens with one attached hydrogen (secondary N) is 1. The molecular weight excluding hydrogens is 320 g/mol. The summed E-state index contributed by atoms with van der Waals surface area (Å²) in [5.74, 6) is 0.465. The first-order valence-electron chi connectivity index (χ1n) is 6.15. The largest absolute Gasteiger partial charge is 0.481 e. The summed E-state index contributed by atoms with van der Waals surface area (Å²) in [5.41, 5.74) is 2.72. The standard InChI is InChI=1S/C15H15BrN2O2/c1-20-14-7-4-12(9-17-14)10-18-15(19)13-5-2-11(8-16)3-6-13/h2-7,9H,8,10H2,1H3,(H,18,19). The lowest BCUT2D eigenvalue weighted by Crippen LogP contribution is -2.22. The maximum Gasteiger partial charge on any atom is 0.251 e. The van der Waals surface area contributed by atoms with E-state index in [1.165, 1.54) is 0 Å². The molecule has 2 aromatic rings. The number of rotatable bonds is 5. The number of benzene rings is 1. The van der Waals surface area contributed by atoms with Gasteiger partial charge in [0.15, 0.2) is 0 Å². The van der Waals surface area contributed by atoms with Gasteiger partial charge in [-0.15, -0.1) is 0 Å². The van der Waals surface area contributed by atoms with Crippen LogP contribution in [0.15, 0.2) is 42.6 Å². The first-order chi connectivity index (χ1) is 9.72. The van der Waals surface area contributed by atoms with Crippen LogP contribution in [0.1, 0.15) is 21.5 Å². The van der Waals surface area contributed by atoms with Crippen LogP contribution in [-0.2, 0) is 11.9 Å². The van der Waals surface area contributed by atoms with Gasteiger partial charge in [-0.25, -0.2) is 4.98 Å². The van der Waals surface area contributed by atoms with Crippen molar-refractivity contribution in [1.82, 2.24) is 10.3 Å². The molecule has 0 fully saturated rings. The van der Waals surface area contributed by atoms with Gasteiger partial charge >= 0.3 is 0 Å². The molecule has 0 unspecified atom stereocenters. The minimum atomic E-state index is -0.0954. The average molecular weight is 335 g/mol. The fourth-order valence-corrected chi connectivity index (χ4v) is 2.04. The lowest BCUT2D eigenvalue weighted by molar-refractivity contribution is 0.0951. The van der Waals surface area contributed by atoms with Gasteiger partial charge in [-0.3, -0.25) is 4.79 Å². The minimum Gasteiger partial charge on any atom is -0.481 e. The molecule has 5 heteroatoms. The third-order valence-corrected chi connectivity index (χ3v) is 3.48. The third kappa shape index (κ3) is 3.81. The third-order valence-electron chi connectivity index (χ3n) is 2.83. The molecule has 0 aliphatic heterocycles. The molecule has 0 bridgehead atoms. The van der Waals surface area contributed by atoms with Gasteiger partial charge in [-0.2, -0.15) is 0 Å². The highest BCUT2D eigenvalue weighted by molar-refractivity contribution is 9.08. The van der Waals surface area contributed by atoms with Crippen LogP contribution in [0.25, 0.3) is 0 Å². The summed E-state index contributed by atoms with van der Waals surface area (Å²) in [4.78, 5) is 16.1. The van der Waals surface area contributed by atoms with Gasteiger partial charge in [0, 0.05) is 29.7 Å². The number of hydrogen-bond donors (Lipinski definition) is 1. The molecule has 1 heterocycles. The van der Waals surface area contributed by atoms with E-state index in [0.29, 0.717) is 18.0 Å². The van der Waals surface area contributed by atoms with Gasteiger partial charge in [0.05, 0.1) is 7.11 Å². The number of pyridine rings is 1. The molecule has 20 heavy (non-hydrogen) atoms. The summed E-state index contributed by atoms with van der Waals surface area (Å²) >= 11 is 3.37. The van der Waals surface area contributed by atoms with E-state index in [9.17, 15) is 4.79 Å². The fraction of sp³-hybridized carbons (Fsp3) is 0.200. The summed E-state index contributed by atoms with van der Waals surface area (Å²) in [6.45, 7) is 0.440. The van der Waals surface area contributed by atoms with Gasteiger partial charge < -0.3 is 10.1 Å². The first kappa shape index (κ1) is 14.5. The number of hydrogen-bond acceptors (Lipinski definition) is 3. The smallest absolute Gasteiger partial charge is 0.251 e. The van der Waals surface area contributed by atoms with Crippen molar-refractivity contribution in [2.75, 3.05) is 7.11 Å². The van der Waals surface area contributed by atoms with E-state index in [4.69, 9.17) is 4.74 Å². The zero-order chi connectivity index (χ0) is 14.4. The van der Waals surface area contributed by atoms with Crippen LogP contribution in [0.3, 0.4) is 0 Å². The van der Waals surface area contributed by atoms with Crippen LogP contribution in [0.2, 0.25) is 0 Å². The number of halogens is 1. The highest BCUT2D eigenvalue weighted by Gasteiger charge is 2.05. The van der Waals surface area contributed by atoms with E-state index >= 15 is 0 Å². The molecule has 0 radical (unpaired) electrons. The van der Waals surface area contributed by atoms with Gasteiger partial charge in [0.1, 0.15) is 0 Å². The number of alkyl halides is 1. The SMILES string of the molecule is COc1ccc(CNC(=O)c2ccc(CBr)cc2)cn1. The Labute approximate surface area is 126 Å². The van der Waals surface area contributed by atoms with E-state index in [1.807, 2.05) is 30.3 Å². The van der Waals surface area contributed by atoms with Crippen molar-refractivity contribution in [2.24, 2.45) is 0 Å². The lowest BCUT2D eigenvalue weighted by Gasteiger charge is -2.06. The molecule has 4 nitrogen and oxygen atoms in total. The lowest BCUT2D eigenvalue weighted by atomic mass is 10.1.